The van der Waals surface area contributed by atoms with Crippen molar-refractivity contribution in [3.63, 3.8) is 0 Å². The van der Waals surface area contributed by atoms with E-state index in [4.69, 9.17) is 0 Å². The molecule has 1 aromatic rings. The summed E-state index contributed by atoms with van der Waals surface area (Å²) in [5, 5.41) is 13.0. The summed E-state index contributed by atoms with van der Waals surface area (Å²) in [5.74, 6) is 0.837. The topological polar surface area (TPSA) is 37.2 Å². The van der Waals surface area contributed by atoms with Crippen LogP contribution in [0.5, 0.6) is 0 Å². The van der Waals surface area contributed by atoms with Crippen molar-refractivity contribution in [3.8, 4) is 0 Å². The number of aryl methyl sites for hydroxylation is 1. The number of hydrogen-bond donors (Lipinski definition) is 2. The Balaban J connectivity index is 1.93. The third-order valence-corrected chi connectivity index (χ3v) is 3.65. The van der Waals surface area contributed by atoms with E-state index in [9.17, 15) is 5.11 Å². The maximum Gasteiger partial charge on any atom is 0.0529 e. The van der Waals surface area contributed by atoms with Crippen LogP contribution in [0.1, 0.15) is 51.1 Å². The first-order valence-electron chi connectivity index (χ1n) is 7.27. The molecule has 2 rings (SSSR count). The largest absolute Gasteiger partial charge is 0.393 e. The van der Waals surface area contributed by atoms with E-state index in [0.717, 1.165) is 25.4 Å². The second-order valence-electron chi connectivity index (χ2n) is 5.59. The van der Waals surface area contributed by atoms with Crippen molar-refractivity contribution < 1.29 is 5.11 Å². The molecular weight excluding hydrogens is 224 g/mol. The Morgan fingerprint density at radius 3 is 2.89 bits per heavy atom. The van der Waals surface area contributed by atoms with Gasteiger partial charge in [0.15, 0.2) is 0 Å². The highest BCUT2D eigenvalue weighted by Gasteiger charge is 2.32. The lowest BCUT2D eigenvalue weighted by Gasteiger charge is -2.16. The van der Waals surface area contributed by atoms with Gasteiger partial charge in [-0.25, -0.2) is 0 Å². The molecule has 0 spiro atoms. The Hall–Kier alpha value is -0.800. The second-order valence-corrected chi connectivity index (χ2v) is 5.59. The average molecular weight is 250 g/mol. The van der Waals surface area contributed by atoms with Crippen LogP contribution < -0.4 is 5.32 Å². The van der Waals surface area contributed by atoms with Crippen LogP contribution in [0.25, 0.3) is 0 Å². The molecule has 102 valence electrons. The van der Waals surface area contributed by atoms with Crippen LogP contribution in [-0.2, 0) is 6.54 Å². The van der Waals surface area contributed by atoms with Gasteiger partial charge in [-0.1, -0.05) is 6.92 Å². The lowest BCUT2D eigenvalue weighted by Crippen LogP contribution is -2.23. The number of aliphatic hydroxyl groups is 1. The predicted octanol–water partition coefficient (Wildman–Crippen LogP) is 2.71. The molecule has 0 bridgehead atoms. The van der Waals surface area contributed by atoms with E-state index in [1.807, 2.05) is 6.92 Å². The fraction of sp³-hybridized carbons (Fsp3) is 0.733. The van der Waals surface area contributed by atoms with Crippen LogP contribution in [-0.4, -0.2) is 22.3 Å². The highest BCUT2D eigenvalue weighted by atomic mass is 16.3. The molecular formula is C15H26N2O. The molecule has 0 radical (unpaired) electrons. The number of aromatic nitrogens is 1. The number of aliphatic hydroxyl groups excluding tert-OH is 1. The van der Waals surface area contributed by atoms with Crippen LogP contribution in [0, 0.1) is 5.92 Å². The van der Waals surface area contributed by atoms with Gasteiger partial charge in [-0.15, -0.1) is 0 Å². The minimum atomic E-state index is -0.215. The Labute approximate surface area is 110 Å². The van der Waals surface area contributed by atoms with E-state index in [0.29, 0.717) is 6.04 Å². The van der Waals surface area contributed by atoms with E-state index >= 15 is 0 Å². The van der Waals surface area contributed by atoms with Crippen molar-refractivity contribution in [1.82, 2.24) is 9.88 Å². The Bertz CT molecular complexity index is 355. The number of hydrogen-bond acceptors (Lipinski definition) is 2. The highest BCUT2D eigenvalue weighted by Crippen LogP contribution is 2.41. The van der Waals surface area contributed by atoms with Crippen LogP contribution >= 0.6 is 0 Å². The van der Waals surface area contributed by atoms with Gasteiger partial charge in [0, 0.05) is 25.0 Å². The number of rotatable bonds is 8. The van der Waals surface area contributed by atoms with Crippen molar-refractivity contribution in [3.05, 3.63) is 24.0 Å². The smallest absolute Gasteiger partial charge is 0.0529 e. The summed E-state index contributed by atoms with van der Waals surface area (Å²) in [6, 6.07) is 2.77. The van der Waals surface area contributed by atoms with Gasteiger partial charge in [-0.2, -0.15) is 0 Å². The van der Waals surface area contributed by atoms with Crippen LogP contribution in [0.3, 0.4) is 0 Å². The predicted molar refractivity (Wildman–Crippen MR) is 74.5 cm³/mol. The molecule has 2 atom stereocenters. The average Bonchev–Trinajstić information content (AvgIpc) is 3.06. The molecule has 0 amide bonds. The summed E-state index contributed by atoms with van der Waals surface area (Å²) >= 11 is 0. The van der Waals surface area contributed by atoms with Crippen LogP contribution in [0.4, 0.5) is 0 Å². The first-order chi connectivity index (χ1) is 8.70. The highest BCUT2D eigenvalue weighted by molar-refractivity contribution is 5.18. The van der Waals surface area contributed by atoms with E-state index in [1.165, 1.54) is 24.8 Å². The summed E-state index contributed by atoms with van der Waals surface area (Å²) in [7, 11) is 0. The fourth-order valence-corrected chi connectivity index (χ4v) is 2.40. The molecule has 0 aliphatic heterocycles. The van der Waals surface area contributed by atoms with Crippen molar-refractivity contribution in [2.24, 2.45) is 5.92 Å². The van der Waals surface area contributed by atoms with Gasteiger partial charge >= 0.3 is 0 Å². The van der Waals surface area contributed by atoms with Crippen molar-refractivity contribution in [1.29, 1.82) is 0 Å². The molecule has 18 heavy (non-hydrogen) atoms. The molecule has 0 aromatic carbocycles. The molecule has 3 heteroatoms. The van der Waals surface area contributed by atoms with Gasteiger partial charge in [-0.3, -0.25) is 0 Å². The molecule has 1 aromatic heterocycles. The van der Waals surface area contributed by atoms with Gasteiger partial charge in [0.2, 0.25) is 0 Å². The Kier molecular flexibility index (Phi) is 4.84. The maximum atomic E-state index is 9.32. The summed E-state index contributed by atoms with van der Waals surface area (Å²) in [6.45, 7) is 6.06. The molecule has 1 aliphatic carbocycles. The lowest BCUT2D eigenvalue weighted by atomic mass is 10.1. The molecule has 2 unspecified atom stereocenters. The van der Waals surface area contributed by atoms with E-state index in [2.05, 4.69) is 35.3 Å². The Morgan fingerprint density at radius 2 is 2.28 bits per heavy atom. The minimum absolute atomic E-state index is 0.215. The quantitative estimate of drug-likeness (QED) is 0.744. The molecule has 2 N–H and O–H groups in total. The first-order valence-corrected chi connectivity index (χ1v) is 7.27. The summed E-state index contributed by atoms with van der Waals surface area (Å²) in [6.07, 6.45) is 8.90. The zero-order chi connectivity index (χ0) is 13.0. The monoisotopic (exact) mass is 250 g/mol. The van der Waals surface area contributed by atoms with Crippen molar-refractivity contribution in [2.75, 3.05) is 6.54 Å². The van der Waals surface area contributed by atoms with Crippen molar-refractivity contribution in [2.45, 2.75) is 58.2 Å². The zero-order valence-corrected chi connectivity index (χ0v) is 11.6. The van der Waals surface area contributed by atoms with Gasteiger partial charge in [0.25, 0.3) is 0 Å². The molecule has 1 saturated carbocycles. The summed E-state index contributed by atoms with van der Waals surface area (Å²) in [4.78, 5) is 0. The van der Waals surface area contributed by atoms with Gasteiger partial charge in [-0.05, 0) is 56.7 Å². The molecule has 0 saturated heterocycles. The summed E-state index contributed by atoms with van der Waals surface area (Å²) in [5.41, 5.74) is 1.41. The molecule has 1 aliphatic rings. The van der Waals surface area contributed by atoms with Gasteiger partial charge in [0.05, 0.1) is 6.10 Å². The third-order valence-electron chi connectivity index (χ3n) is 3.65. The van der Waals surface area contributed by atoms with Gasteiger partial charge < -0.3 is 15.0 Å². The SMILES string of the molecule is CCCNC(c1ccn(CCC(C)O)c1)C1CC1. The number of nitrogens with zero attached hydrogens (tertiary/aromatic N) is 1. The second kappa shape index (κ2) is 6.39. The standard InChI is InChI=1S/C15H26N2O/c1-3-8-16-15(13-4-5-13)14-7-10-17(11-14)9-6-12(2)18/h7,10-13,15-16,18H,3-6,8-9H2,1-2H3. The summed E-state index contributed by atoms with van der Waals surface area (Å²) < 4.78 is 2.20. The molecule has 1 heterocycles. The van der Waals surface area contributed by atoms with Crippen LogP contribution in [0.15, 0.2) is 18.5 Å². The molecule has 3 nitrogen and oxygen atoms in total. The number of nitrogens with one attached hydrogen (secondary N) is 1. The van der Waals surface area contributed by atoms with E-state index in [-0.39, 0.29) is 6.10 Å². The lowest BCUT2D eigenvalue weighted by molar-refractivity contribution is 0.178. The zero-order valence-electron chi connectivity index (χ0n) is 11.6. The fourth-order valence-electron chi connectivity index (χ4n) is 2.40. The van der Waals surface area contributed by atoms with Crippen molar-refractivity contribution >= 4 is 0 Å². The Morgan fingerprint density at radius 1 is 1.50 bits per heavy atom. The van der Waals surface area contributed by atoms with E-state index in [1.54, 1.807) is 0 Å². The normalized spacial score (nSPS) is 18.8. The minimum Gasteiger partial charge on any atom is -0.393 e. The van der Waals surface area contributed by atoms with Crippen LogP contribution in [0.2, 0.25) is 0 Å². The van der Waals surface area contributed by atoms with Gasteiger partial charge in [0.1, 0.15) is 0 Å². The third kappa shape index (κ3) is 3.85. The van der Waals surface area contributed by atoms with E-state index < -0.39 is 0 Å². The maximum absolute atomic E-state index is 9.32. The first kappa shape index (κ1) is 13.6. The molecule has 1 fully saturated rings.